The average Bonchev–Trinajstić information content (AvgIpc) is 3.16. The van der Waals surface area contributed by atoms with Gasteiger partial charge in [0.2, 0.25) is 0 Å². The predicted octanol–water partition coefficient (Wildman–Crippen LogP) is 5.01. The molecule has 168 valence electrons. The molecule has 0 spiro atoms. The van der Waals surface area contributed by atoms with Crippen LogP contribution in [0.15, 0.2) is 66.9 Å². The van der Waals surface area contributed by atoms with E-state index < -0.39 is 23.3 Å². The van der Waals surface area contributed by atoms with Crippen molar-refractivity contribution in [3.63, 3.8) is 0 Å². The van der Waals surface area contributed by atoms with Crippen molar-refractivity contribution >= 4 is 11.9 Å². The number of imidazole rings is 1. The second-order valence-electron chi connectivity index (χ2n) is 9.04. The van der Waals surface area contributed by atoms with E-state index in [1.54, 1.807) is 0 Å². The summed E-state index contributed by atoms with van der Waals surface area (Å²) in [5.74, 6) is -1.66. The maximum atomic E-state index is 12.7. The zero-order valence-electron chi connectivity index (χ0n) is 19.2. The number of carbonyl (C=O) groups excluding carboxylic acids is 1. The largest absolute Gasteiger partial charge is 0.474 e. The summed E-state index contributed by atoms with van der Waals surface area (Å²) in [6, 6.07) is 19.4. The topological polar surface area (TPSA) is 75.4 Å². The highest BCUT2D eigenvalue weighted by Gasteiger charge is 2.39. The summed E-state index contributed by atoms with van der Waals surface area (Å²) in [4.78, 5) is 30.8. The highest BCUT2D eigenvalue weighted by atomic mass is 16.4. The lowest BCUT2D eigenvalue weighted by molar-refractivity contribution is -0.159. The Bertz CT molecular complexity index is 1050. The van der Waals surface area contributed by atoms with Gasteiger partial charge in [0.05, 0.1) is 11.7 Å². The van der Waals surface area contributed by atoms with Crippen molar-refractivity contribution in [3.8, 4) is 11.3 Å². The fourth-order valence-corrected chi connectivity index (χ4v) is 4.01. The molecule has 2 aromatic carbocycles. The first-order chi connectivity index (χ1) is 15.2. The van der Waals surface area contributed by atoms with Crippen LogP contribution in [0.3, 0.4) is 0 Å². The number of hydrogen-bond acceptors (Lipinski definition) is 3. The molecule has 1 aromatic heterocycles. The van der Waals surface area contributed by atoms with E-state index in [1.807, 2.05) is 99.1 Å². The van der Waals surface area contributed by atoms with Gasteiger partial charge in [-0.05, 0) is 17.4 Å². The number of aliphatic carboxylic acids is 1. The molecule has 6 nitrogen and oxygen atoms in total. The SMILES string of the molecule is CCCN(C(=O)C(=O)O)[C@@H](c1nc(-c2ccccc2)cn1Cc1ccccc1)C(C)(C)C. The molecule has 0 saturated carbocycles. The third-order valence-corrected chi connectivity index (χ3v) is 5.36. The molecule has 0 saturated heterocycles. The fourth-order valence-electron chi connectivity index (χ4n) is 4.01. The van der Waals surface area contributed by atoms with Crippen molar-refractivity contribution < 1.29 is 14.7 Å². The van der Waals surface area contributed by atoms with Crippen LogP contribution in [0.25, 0.3) is 11.3 Å². The molecule has 0 unspecified atom stereocenters. The Balaban J connectivity index is 2.18. The van der Waals surface area contributed by atoms with E-state index in [1.165, 1.54) is 4.90 Å². The average molecular weight is 434 g/mol. The van der Waals surface area contributed by atoms with Gasteiger partial charge in [-0.1, -0.05) is 88.4 Å². The first kappa shape index (κ1) is 23.3. The summed E-state index contributed by atoms with van der Waals surface area (Å²) in [7, 11) is 0. The van der Waals surface area contributed by atoms with E-state index in [-0.39, 0.29) is 0 Å². The summed E-state index contributed by atoms with van der Waals surface area (Å²) >= 11 is 0. The highest BCUT2D eigenvalue weighted by molar-refractivity contribution is 6.31. The van der Waals surface area contributed by atoms with E-state index in [9.17, 15) is 14.7 Å². The van der Waals surface area contributed by atoms with Gasteiger partial charge in [-0.15, -0.1) is 0 Å². The second kappa shape index (κ2) is 9.81. The van der Waals surface area contributed by atoms with Gasteiger partial charge in [0.25, 0.3) is 0 Å². The Morgan fingerprint density at radius 2 is 1.62 bits per heavy atom. The quantitative estimate of drug-likeness (QED) is 0.532. The van der Waals surface area contributed by atoms with Crippen molar-refractivity contribution in [2.45, 2.75) is 46.7 Å². The van der Waals surface area contributed by atoms with Crippen LogP contribution in [0.5, 0.6) is 0 Å². The number of nitrogens with zero attached hydrogens (tertiary/aromatic N) is 3. The highest BCUT2D eigenvalue weighted by Crippen LogP contribution is 2.39. The van der Waals surface area contributed by atoms with Crippen LogP contribution in [0.1, 0.15) is 51.5 Å². The number of amides is 1. The van der Waals surface area contributed by atoms with Gasteiger partial charge in [-0.3, -0.25) is 4.79 Å². The summed E-state index contributed by atoms with van der Waals surface area (Å²) in [5.41, 5.74) is 2.43. The molecule has 0 bridgehead atoms. The molecular formula is C26H31N3O3. The Labute approximate surface area is 189 Å². The van der Waals surface area contributed by atoms with E-state index in [0.29, 0.717) is 25.3 Å². The zero-order chi connectivity index (χ0) is 23.3. The molecule has 0 fully saturated rings. The minimum Gasteiger partial charge on any atom is -0.474 e. The standard InChI is InChI=1S/C26H31N3O3/c1-5-16-29(24(30)25(31)32)22(26(2,3)4)23-27-21(20-14-10-7-11-15-20)18-28(23)17-19-12-8-6-9-13-19/h6-15,18,22H,5,16-17H2,1-4H3,(H,31,32)/t22-/m0/s1. The Morgan fingerprint density at radius 3 is 2.16 bits per heavy atom. The number of hydrogen-bond donors (Lipinski definition) is 1. The van der Waals surface area contributed by atoms with Crippen molar-refractivity contribution in [2.24, 2.45) is 5.41 Å². The Hall–Kier alpha value is -3.41. The maximum Gasteiger partial charge on any atom is 0.394 e. The molecule has 3 aromatic rings. The number of carboxylic acids is 1. The molecule has 0 radical (unpaired) electrons. The molecule has 1 amide bonds. The second-order valence-corrected chi connectivity index (χ2v) is 9.04. The van der Waals surface area contributed by atoms with Crippen LogP contribution in [0, 0.1) is 5.41 Å². The van der Waals surface area contributed by atoms with Crippen molar-refractivity contribution in [1.29, 1.82) is 0 Å². The van der Waals surface area contributed by atoms with Gasteiger partial charge in [0.15, 0.2) is 0 Å². The monoisotopic (exact) mass is 433 g/mol. The Kier molecular flexibility index (Phi) is 7.13. The molecule has 0 aliphatic heterocycles. The van der Waals surface area contributed by atoms with Crippen molar-refractivity contribution in [3.05, 3.63) is 78.2 Å². The lowest BCUT2D eigenvalue weighted by Gasteiger charge is -2.39. The van der Waals surface area contributed by atoms with E-state index in [4.69, 9.17) is 4.98 Å². The normalized spacial score (nSPS) is 12.4. The van der Waals surface area contributed by atoms with Crippen LogP contribution < -0.4 is 0 Å². The molecule has 1 N–H and O–H groups in total. The number of carboxylic acid groups (broad SMARTS) is 1. The molecule has 0 aliphatic rings. The molecule has 6 heteroatoms. The van der Waals surface area contributed by atoms with Gasteiger partial charge in [0.1, 0.15) is 5.82 Å². The zero-order valence-corrected chi connectivity index (χ0v) is 19.2. The van der Waals surface area contributed by atoms with Crippen LogP contribution in [0.2, 0.25) is 0 Å². The van der Waals surface area contributed by atoms with E-state index in [2.05, 4.69) is 0 Å². The summed E-state index contributed by atoms with van der Waals surface area (Å²) in [5, 5.41) is 9.51. The van der Waals surface area contributed by atoms with Crippen LogP contribution in [-0.4, -0.2) is 38.0 Å². The number of carbonyl (C=O) groups is 2. The van der Waals surface area contributed by atoms with Crippen molar-refractivity contribution in [1.82, 2.24) is 14.5 Å². The molecule has 3 rings (SSSR count). The van der Waals surface area contributed by atoms with Crippen LogP contribution in [-0.2, 0) is 16.1 Å². The number of rotatable bonds is 7. The van der Waals surface area contributed by atoms with E-state index >= 15 is 0 Å². The number of benzene rings is 2. The van der Waals surface area contributed by atoms with Gasteiger partial charge >= 0.3 is 11.9 Å². The van der Waals surface area contributed by atoms with Gasteiger partial charge < -0.3 is 14.6 Å². The molecule has 1 atom stereocenters. The van der Waals surface area contributed by atoms with Gasteiger partial charge in [0, 0.05) is 24.8 Å². The van der Waals surface area contributed by atoms with Gasteiger partial charge in [-0.2, -0.15) is 0 Å². The molecular weight excluding hydrogens is 402 g/mol. The minimum atomic E-state index is -1.45. The maximum absolute atomic E-state index is 12.7. The van der Waals surface area contributed by atoms with Crippen LogP contribution in [0.4, 0.5) is 0 Å². The van der Waals surface area contributed by atoms with Crippen molar-refractivity contribution in [2.75, 3.05) is 6.54 Å². The lowest BCUT2D eigenvalue weighted by atomic mass is 9.84. The van der Waals surface area contributed by atoms with E-state index in [0.717, 1.165) is 16.8 Å². The first-order valence-electron chi connectivity index (χ1n) is 10.9. The summed E-state index contributed by atoms with van der Waals surface area (Å²) in [6.07, 6.45) is 2.64. The lowest BCUT2D eigenvalue weighted by Crippen LogP contribution is -2.45. The third kappa shape index (κ3) is 5.25. The Morgan fingerprint density at radius 1 is 1.03 bits per heavy atom. The predicted molar refractivity (Wildman–Crippen MR) is 125 cm³/mol. The number of aromatic nitrogens is 2. The molecule has 0 aliphatic carbocycles. The minimum absolute atomic E-state index is 0.339. The summed E-state index contributed by atoms with van der Waals surface area (Å²) in [6.45, 7) is 8.89. The molecule has 32 heavy (non-hydrogen) atoms. The smallest absolute Gasteiger partial charge is 0.394 e. The third-order valence-electron chi connectivity index (χ3n) is 5.36. The van der Waals surface area contributed by atoms with Gasteiger partial charge in [-0.25, -0.2) is 9.78 Å². The summed E-state index contributed by atoms with van der Waals surface area (Å²) < 4.78 is 2.05. The first-order valence-corrected chi connectivity index (χ1v) is 10.9. The fraction of sp³-hybridized carbons (Fsp3) is 0.346. The molecule has 1 heterocycles. The van der Waals surface area contributed by atoms with Crippen LogP contribution >= 0.6 is 0 Å².